The van der Waals surface area contributed by atoms with Gasteiger partial charge in [-0.25, -0.2) is 0 Å². The molecule has 0 saturated carbocycles. The first-order valence-corrected chi connectivity index (χ1v) is 10.8. The van der Waals surface area contributed by atoms with Crippen LogP contribution in [0.1, 0.15) is 55.7 Å². The van der Waals surface area contributed by atoms with Gasteiger partial charge in [-0.2, -0.15) is 0 Å². The molecule has 0 unspecified atom stereocenters. The molecule has 3 aromatic carbocycles. The smallest absolute Gasteiger partial charge is 0.118 e. The fraction of sp³-hybridized carbons (Fsp3) is 0.333. The molecule has 2 heteroatoms. The molecular weight excluding hydrogens is 354 g/mol. The Morgan fingerprint density at radius 2 is 1.17 bits per heavy atom. The first-order chi connectivity index (χ1) is 14.3. The Balaban J connectivity index is 2.01. The fourth-order valence-electron chi connectivity index (χ4n) is 4.03. The summed E-state index contributed by atoms with van der Waals surface area (Å²) in [5, 5.41) is 3.96. The average molecular weight is 388 g/mol. The number of unbranched alkanes of at least 4 members (excludes halogenated alkanes) is 4. The number of hydrogen-bond acceptors (Lipinski definition) is 2. The maximum absolute atomic E-state index is 5.41. The van der Waals surface area contributed by atoms with E-state index >= 15 is 0 Å². The molecule has 0 aliphatic carbocycles. The van der Waals surface area contributed by atoms with Gasteiger partial charge in [-0.3, -0.25) is 5.32 Å². The van der Waals surface area contributed by atoms with E-state index < -0.39 is 0 Å². The van der Waals surface area contributed by atoms with E-state index in [-0.39, 0.29) is 5.54 Å². The van der Waals surface area contributed by atoms with Crippen LogP contribution in [0, 0.1) is 0 Å². The second kappa shape index (κ2) is 10.8. The summed E-state index contributed by atoms with van der Waals surface area (Å²) in [5.74, 6) is 0.878. The van der Waals surface area contributed by atoms with Gasteiger partial charge in [-0.05, 0) is 41.8 Å². The van der Waals surface area contributed by atoms with Crippen molar-refractivity contribution in [1.82, 2.24) is 5.32 Å². The van der Waals surface area contributed by atoms with Crippen LogP contribution in [0.25, 0.3) is 0 Å². The van der Waals surface area contributed by atoms with Gasteiger partial charge in [0, 0.05) is 0 Å². The SMILES string of the molecule is CCCCCCCNC(c1ccccc1)(c1ccccc1)c1ccc(OC)cc1. The minimum absolute atomic E-state index is 0.389. The van der Waals surface area contributed by atoms with Crippen LogP contribution in [0.3, 0.4) is 0 Å². The molecule has 0 amide bonds. The van der Waals surface area contributed by atoms with E-state index in [0.717, 1.165) is 12.3 Å². The summed E-state index contributed by atoms with van der Waals surface area (Å²) in [7, 11) is 1.71. The van der Waals surface area contributed by atoms with E-state index in [1.54, 1.807) is 7.11 Å². The second-order valence-corrected chi connectivity index (χ2v) is 7.55. The zero-order valence-corrected chi connectivity index (χ0v) is 17.7. The first-order valence-electron chi connectivity index (χ1n) is 10.8. The zero-order chi connectivity index (χ0) is 20.4. The van der Waals surface area contributed by atoms with Crippen molar-refractivity contribution in [1.29, 1.82) is 0 Å². The summed E-state index contributed by atoms with van der Waals surface area (Å²) in [6, 6.07) is 30.0. The van der Waals surface area contributed by atoms with Crippen LogP contribution in [0.4, 0.5) is 0 Å². The van der Waals surface area contributed by atoms with Crippen LogP contribution in [0.15, 0.2) is 84.9 Å². The quantitative estimate of drug-likeness (QED) is 0.298. The Kier molecular flexibility index (Phi) is 7.89. The van der Waals surface area contributed by atoms with E-state index in [1.165, 1.54) is 48.8 Å². The third kappa shape index (κ3) is 5.07. The van der Waals surface area contributed by atoms with Gasteiger partial charge >= 0.3 is 0 Å². The molecule has 2 nitrogen and oxygen atoms in total. The molecule has 3 aromatic rings. The highest BCUT2D eigenvalue weighted by molar-refractivity contribution is 5.50. The number of rotatable bonds is 11. The molecule has 0 aliphatic rings. The third-order valence-corrected chi connectivity index (χ3v) is 5.61. The van der Waals surface area contributed by atoms with E-state index in [4.69, 9.17) is 4.74 Å². The van der Waals surface area contributed by atoms with Crippen LogP contribution in [-0.4, -0.2) is 13.7 Å². The monoisotopic (exact) mass is 387 g/mol. The van der Waals surface area contributed by atoms with Crippen molar-refractivity contribution >= 4 is 0 Å². The van der Waals surface area contributed by atoms with Crippen molar-refractivity contribution in [2.45, 2.75) is 44.6 Å². The van der Waals surface area contributed by atoms with Crippen LogP contribution < -0.4 is 10.1 Å². The predicted molar refractivity (Wildman–Crippen MR) is 123 cm³/mol. The molecule has 0 spiro atoms. The van der Waals surface area contributed by atoms with Gasteiger partial charge in [0.25, 0.3) is 0 Å². The van der Waals surface area contributed by atoms with Crippen molar-refractivity contribution in [3.8, 4) is 5.75 Å². The molecule has 0 bridgehead atoms. The Bertz CT molecular complexity index is 788. The maximum atomic E-state index is 5.41. The van der Waals surface area contributed by atoms with Crippen LogP contribution >= 0.6 is 0 Å². The minimum Gasteiger partial charge on any atom is -0.497 e. The minimum atomic E-state index is -0.389. The topological polar surface area (TPSA) is 21.3 Å². The van der Waals surface area contributed by atoms with Crippen LogP contribution in [0.2, 0.25) is 0 Å². The van der Waals surface area contributed by atoms with Crippen molar-refractivity contribution in [2.75, 3.05) is 13.7 Å². The highest BCUT2D eigenvalue weighted by Crippen LogP contribution is 2.37. The lowest BCUT2D eigenvalue weighted by atomic mass is 9.77. The molecule has 0 atom stereocenters. The lowest BCUT2D eigenvalue weighted by Crippen LogP contribution is -2.45. The highest BCUT2D eigenvalue weighted by Gasteiger charge is 2.35. The second-order valence-electron chi connectivity index (χ2n) is 7.55. The number of benzene rings is 3. The van der Waals surface area contributed by atoms with Gasteiger partial charge in [0.1, 0.15) is 5.75 Å². The van der Waals surface area contributed by atoms with E-state index in [0.29, 0.717) is 0 Å². The molecule has 0 aromatic heterocycles. The summed E-state index contributed by atoms with van der Waals surface area (Å²) < 4.78 is 5.41. The third-order valence-electron chi connectivity index (χ3n) is 5.61. The summed E-state index contributed by atoms with van der Waals surface area (Å²) in [4.78, 5) is 0. The van der Waals surface area contributed by atoms with Gasteiger partial charge < -0.3 is 4.74 Å². The average Bonchev–Trinajstić information content (AvgIpc) is 2.80. The molecule has 1 N–H and O–H groups in total. The van der Waals surface area contributed by atoms with Gasteiger partial charge in [0.15, 0.2) is 0 Å². The highest BCUT2D eigenvalue weighted by atomic mass is 16.5. The van der Waals surface area contributed by atoms with Crippen molar-refractivity contribution in [3.05, 3.63) is 102 Å². The summed E-state index contributed by atoms with van der Waals surface area (Å²) in [6.45, 7) is 3.23. The van der Waals surface area contributed by atoms with Crippen LogP contribution in [-0.2, 0) is 5.54 Å². The van der Waals surface area contributed by atoms with Crippen LogP contribution in [0.5, 0.6) is 5.75 Å². The Morgan fingerprint density at radius 1 is 0.655 bits per heavy atom. The molecule has 0 heterocycles. The summed E-state index contributed by atoms with van der Waals surface area (Å²) >= 11 is 0. The van der Waals surface area contributed by atoms with Crippen molar-refractivity contribution in [2.24, 2.45) is 0 Å². The van der Waals surface area contributed by atoms with E-state index in [9.17, 15) is 0 Å². The van der Waals surface area contributed by atoms with E-state index in [2.05, 4.69) is 97.2 Å². The number of nitrogens with one attached hydrogen (secondary N) is 1. The standard InChI is InChI=1S/C27H33NO/c1-3-4-5-6-13-22-28-27(23-14-9-7-10-15-23,24-16-11-8-12-17-24)25-18-20-26(29-2)21-19-25/h7-12,14-21,28H,3-6,13,22H2,1-2H3. The largest absolute Gasteiger partial charge is 0.497 e. The number of methoxy groups -OCH3 is 1. The Morgan fingerprint density at radius 3 is 1.69 bits per heavy atom. The van der Waals surface area contributed by atoms with Gasteiger partial charge in [-0.15, -0.1) is 0 Å². The lowest BCUT2D eigenvalue weighted by molar-refractivity contribution is 0.413. The predicted octanol–water partition coefficient (Wildman–Crippen LogP) is 6.55. The summed E-state index contributed by atoms with van der Waals surface area (Å²) in [6.07, 6.45) is 6.35. The Labute approximate surface area is 175 Å². The lowest BCUT2D eigenvalue weighted by Gasteiger charge is -2.37. The molecular formula is C27H33NO. The normalized spacial score (nSPS) is 11.4. The number of hydrogen-bond donors (Lipinski definition) is 1. The molecule has 0 fully saturated rings. The fourth-order valence-corrected chi connectivity index (χ4v) is 4.03. The summed E-state index contributed by atoms with van der Waals surface area (Å²) in [5.41, 5.74) is 3.35. The number of ether oxygens (including phenoxy) is 1. The Hall–Kier alpha value is -2.58. The van der Waals surface area contributed by atoms with E-state index in [1.807, 2.05) is 0 Å². The molecule has 0 radical (unpaired) electrons. The molecule has 0 saturated heterocycles. The first kappa shape index (κ1) is 21.1. The van der Waals surface area contributed by atoms with Gasteiger partial charge in [-0.1, -0.05) is 105 Å². The molecule has 29 heavy (non-hydrogen) atoms. The van der Waals surface area contributed by atoms with Crippen molar-refractivity contribution in [3.63, 3.8) is 0 Å². The molecule has 3 rings (SSSR count). The zero-order valence-electron chi connectivity index (χ0n) is 17.7. The molecule has 0 aliphatic heterocycles. The van der Waals surface area contributed by atoms with Gasteiger partial charge in [0.05, 0.1) is 12.6 Å². The van der Waals surface area contributed by atoms with Gasteiger partial charge in [0.2, 0.25) is 0 Å². The van der Waals surface area contributed by atoms with Crippen molar-refractivity contribution < 1.29 is 4.74 Å². The maximum Gasteiger partial charge on any atom is 0.118 e. The molecule has 152 valence electrons.